The van der Waals surface area contributed by atoms with Crippen LogP contribution in [-0.2, 0) is 6.42 Å². The topological polar surface area (TPSA) is 54.5 Å². The van der Waals surface area contributed by atoms with Gasteiger partial charge in [-0.05, 0) is 61.0 Å². The highest BCUT2D eigenvalue weighted by atomic mass is 35.5. The lowest BCUT2D eigenvalue weighted by Crippen LogP contribution is -1.91. The van der Waals surface area contributed by atoms with Gasteiger partial charge in [-0.3, -0.25) is 4.98 Å². The zero-order valence-corrected chi connectivity index (χ0v) is 18.2. The molecule has 152 valence electrons. The Morgan fingerprint density at radius 3 is 2.55 bits per heavy atom. The van der Waals surface area contributed by atoms with E-state index in [1.807, 2.05) is 67.6 Å². The molecule has 2 aromatic carbocycles. The van der Waals surface area contributed by atoms with Crippen LogP contribution in [0.2, 0.25) is 10.2 Å². The molecule has 0 atom stereocenters. The number of pyridine rings is 2. The SMILES string of the molecule is Cc1cccc(-c2[nH]c(Cc3cccc(Cl)c3)nc2-c2ccc3nc(Cl)ccc3c2)n1. The van der Waals surface area contributed by atoms with Gasteiger partial charge < -0.3 is 4.98 Å². The van der Waals surface area contributed by atoms with Crippen LogP contribution in [0, 0.1) is 6.92 Å². The van der Waals surface area contributed by atoms with E-state index in [-0.39, 0.29) is 0 Å². The van der Waals surface area contributed by atoms with E-state index in [4.69, 9.17) is 33.2 Å². The summed E-state index contributed by atoms with van der Waals surface area (Å²) in [5.74, 6) is 0.852. The molecule has 5 aromatic rings. The average Bonchev–Trinajstić information content (AvgIpc) is 3.17. The summed E-state index contributed by atoms with van der Waals surface area (Å²) < 4.78 is 0. The van der Waals surface area contributed by atoms with E-state index in [9.17, 15) is 0 Å². The van der Waals surface area contributed by atoms with Gasteiger partial charge in [-0.1, -0.05) is 47.5 Å². The van der Waals surface area contributed by atoms with Crippen LogP contribution in [0.4, 0.5) is 0 Å². The molecule has 31 heavy (non-hydrogen) atoms. The highest BCUT2D eigenvalue weighted by Gasteiger charge is 2.16. The molecule has 3 aromatic heterocycles. The smallest absolute Gasteiger partial charge is 0.129 e. The summed E-state index contributed by atoms with van der Waals surface area (Å²) in [6.07, 6.45) is 0.643. The summed E-state index contributed by atoms with van der Waals surface area (Å²) in [6.45, 7) is 1.98. The lowest BCUT2D eigenvalue weighted by molar-refractivity contribution is 1.03. The molecule has 0 bridgehead atoms. The maximum Gasteiger partial charge on any atom is 0.129 e. The highest BCUT2D eigenvalue weighted by molar-refractivity contribution is 6.30. The Labute approximate surface area is 189 Å². The summed E-state index contributed by atoms with van der Waals surface area (Å²) >= 11 is 12.2. The van der Waals surface area contributed by atoms with Crippen molar-refractivity contribution in [2.75, 3.05) is 0 Å². The second kappa shape index (κ2) is 8.14. The standard InChI is InChI=1S/C25H18Cl2N4/c1-15-4-2-7-21(28-15)25-24(18-8-10-20-17(14-18)9-11-22(27)29-20)30-23(31-25)13-16-5-3-6-19(26)12-16/h2-12,14H,13H2,1H3,(H,30,31). The lowest BCUT2D eigenvalue weighted by atomic mass is 10.1. The van der Waals surface area contributed by atoms with Gasteiger partial charge in [-0.25, -0.2) is 9.97 Å². The molecule has 0 saturated heterocycles. The van der Waals surface area contributed by atoms with Gasteiger partial charge in [-0.2, -0.15) is 0 Å². The summed E-state index contributed by atoms with van der Waals surface area (Å²) in [5, 5.41) is 2.20. The Hall–Kier alpha value is -3.21. The molecule has 0 aliphatic carbocycles. The molecule has 3 heterocycles. The fourth-order valence-corrected chi connectivity index (χ4v) is 4.04. The van der Waals surface area contributed by atoms with Crippen molar-refractivity contribution in [2.45, 2.75) is 13.3 Å². The van der Waals surface area contributed by atoms with Gasteiger partial charge in [0.2, 0.25) is 0 Å². The van der Waals surface area contributed by atoms with Gasteiger partial charge in [-0.15, -0.1) is 0 Å². The third-order valence-electron chi connectivity index (χ3n) is 5.09. The van der Waals surface area contributed by atoms with Gasteiger partial charge in [0, 0.05) is 28.1 Å². The van der Waals surface area contributed by atoms with E-state index in [1.54, 1.807) is 6.07 Å². The van der Waals surface area contributed by atoms with Crippen LogP contribution in [-0.4, -0.2) is 19.9 Å². The zero-order chi connectivity index (χ0) is 21.4. The first kappa shape index (κ1) is 19.7. The van der Waals surface area contributed by atoms with Crippen LogP contribution >= 0.6 is 23.2 Å². The first-order valence-electron chi connectivity index (χ1n) is 9.89. The van der Waals surface area contributed by atoms with Crippen molar-refractivity contribution in [3.8, 4) is 22.6 Å². The second-order valence-electron chi connectivity index (χ2n) is 7.42. The maximum absolute atomic E-state index is 6.17. The van der Waals surface area contributed by atoms with E-state index in [0.29, 0.717) is 16.6 Å². The van der Waals surface area contributed by atoms with Crippen LogP contribution in [0.3, 0.4) is 0 Å². The van der Waals surface area contributed by atoms with Gasteiger partial charge in [0.1, 0.15) is 11.0 Å². The quantitative estimate of drug-likeness (QED) is 0.307. The minimum atomic E-state index is 0.480. The molecule has 0 aliphatic heterocycles. The van der Waals surface area contributed by atoms with Crippen molar-refractivity contribution in [3.63, 3.8) is 0 Å². The fraction of sp³-hybridized carbons (Fsp3) is 0.0800. The molecular weight excluding hydrogens is 427 g/mol. The van der Waals surface area contributed by atoms with E-state index in [2.05, 4.69) is 16.0 Å². The number of aryl methyl sites for hydroxylation is 1. The van der Waals surface area contributed by atoms with Crippen molar-refractivity contribution < 1.29 is 0 Å². The summed E-state index contributed by atoms with van der Waals surface area (Å²) in [5.41, 5.74) is 6.48. The van der Waals surface area contributed by atoms with Crippen LogP contribution in [0.25, 0.3) is 33.5 Å². The number of H-pyrrole nitrogens is 1. The largest absolute Gasteiger partial charge is 0.340 e. The number of hydrogen-bond acceptors (Lipinski definition) is 3. The Bertz CT molecular complexity index is 1410. The Balaban J connectivity index is 1.64. The van der Waals surface area contributed by atoms with E-state index < -0.39 is 0 Å². The van der Waals surface area contributed by atoms with Gasteiger partial charge in [0.15, 0.2) is 0 Å². The van der Waals surface area contributed by atoms with Crippen molar-refractivity contribution in [1.82, 2.24) is 19.9 Å². The number of rotatable bonds is 4. The molecule has 0 saturated carbocycles. The Morgan fingerprint density at radius 2 is 1.71 bits per heavy atom. The number of aromatic nitrogens is 4. The normalized spacial score (nSPS) is 11.2. The van der Waals surface area contributed by atoms with Gasteiger partial charge in [0.05, 0.1) is 22.6 Å². The molecule has 5 rings (SSSR count). The first-order chi connectivity index (χ1) is 15.0. The number of benzene rings is 2. The zero-order valence-electron chi connectivity index (χ0n) is 16.7. The van der Waals surface area contributed by atoms with E-state index in [1.165, 1.54) is 0 Å². The predicted molar refractivity (Wildman–Crippen MR) is 127 cm³/mol. The van der Waals surface area contributed by atoms with Crippen molar-refractivity contribution in [1.29, 1.82) is 0 Å². The molecule has 0 amide bonds. The number of nitrogens with one attached hydrogen (secondary N) is 1. The monoisotopic (exact) mass is 444 g/mol. The van der Waals surface area contributed by atoms with Crippen molar-refractivity contribution >= 4 is 34.1 Å². The van der Waals surface area contributed by atoms with Crippen LogP contribution in [0.15, 0.2) is 72.8 Å². The minimum absolute atomic E-state index is 0.480. The summed E-state index contributed by atoms with van der Waals surface area (Å²) in [7, 11) is 0. The highest BCUT2D eigenvalue weighted by Crippen LogP contribution is 2.32. The Morgan fingerprint density at radius 1 is 0.839 bits per heavy atom. The number of halogens is 2. The second-order valence-corrected chi connectivity index (χ2v) is 8.24. The fourth-order valence-electron chi connectivity index (χ4n) is 3.67. The molecule has 4 nitrogen and oxygen atoms in total. The summed E-state index contributed by atoms with van der Waals surface area (Å²) in [4.78, 5) is 17.5. The maximum atomic E-state index is 6.17. The number of fused-ring (bicyclic) bond motifs is 1. The summed E-state index contributed by atoms with van der Waals surface area (Å²) in [6, 6.07) is 23.6. The molecule has 0 fully saturated rings. The molecule has 6 heteroatoms. The number of imidazole rings is 1. The molecular formula is C25H18Cl2N4. The average molecular weight is 445 g/mol. The van der Waals surface area contributed by atoms with Crippen molar-refractivity contribution in [3.05, 3.63) is 100 Å². The van der Waals surface area contributed by atoms with Gasteiger partial charge >= 0.3 is 0 Å². The third-order valence-corrected chi connectivity index (χ3v) is 5.53. The number of hydrogen-bond donors (Lipinski definition) is 1. The Kier molecular flexibility index (Phi) is 5.18. The van der Waals surface area contributed by atoms with E-state index >= 15 is 0 Å². The number of nitrogens with zero attached hydrogens (tertiary/aromatic N) is 3. The van der Waals surface area contributed by atoms with Crippen LogP contribution < -0.4 is 0 Å². The third kappa shape index (κ3) is 4.18. The molecule has 1 N–H and O–H groups in total. The first-order valence-corrected chi connectivity index (χ1v) is 10.6. The molecule has 0 unspecified atom stereocenters. The minimum Gasteiger partial charge on any atom is -0.340 e. The molecule has 0 radical (unpaired) electrons. The molecule has 0 spiro atoms. The predicted octanol–water partition coefficient (Wildman–Crippen LogP) is 6.89. The van der Waals surface area contributed by atoms with Crippen molar-refractivity contribution in [2.24, 2.45) is 0 Å². The lowest BCUT2D eigenvalue weighted by Gasteiger charge is -2.05. The number of aromatic amines is 1. The van der Waals surface area contributed by atoms with Crippen LogP contribution in [0.5, 0.6) is 0 Å². The van der Waals surface area contributed by atoms with Crippen LogP contribution in [0.1, 0.15) is 17.1 Å². The van der Waals surface area contributed by atoms with Gasteiger partial charge in [0.25, 0.3) is 0 Å². The molecule has 0 aliphatic rings. The van der Waals surface area contributed by atoms with E-state index in [0.717, 1.165) is 50.6 Å².